The molecule has 0 aliphatic heterocycles. The number of ether oxygens (including phenoxy) is 1. The van der Waals surface area contributed by atoms with Crippen LogP contribution in [-0.4, -0.2) is 74.5 Å². The number of nitrogens with one attached hydrogen (secondary N) is 2. The van der Waals surface area contributed by atoms with Crippen LogP contribution in [0.2, 0.25) is 0 Å². The summed E-state index contributed by atoms with van der Waals surface area (Å²) < 4.78 is 10.1. The minimum Gasteiger partial charge on any atom is -0.385 e. The molecule has 0 bridgehead atoms. The van der Waals surface area contributed by atoms with Crippen LogP contribution < -0.4 is 10.6 Å². The minimum atomic E-state index is 0. The fraction of sp³-hybridized carbons (Fsp3) is 0.800. The minimum absolute atomic E-state index is 0. The zero-order valence-electron chi connectivity index (χ0n) is 15.2. The van der Waals surface area contributed by atoms with E-state index < -0.39 is 0 Å². The van der Waals surface area contributed by atoms with Crippen LogP contribution in [-0.2, 0) is 11.2 Å². The predicted octanol–water partition coefficient (Wildman–Crippen LogP) is 1.06. The highest BCUT2D eigenvalue weighted by Crippen LogP contribution is 1.95. The summed E-state index contributed by atoms with van der Waals surface area (Å²) in [4.78, 5) is 11.0. The normalized spacial score (nSPS) is 11.5. The molecule has 0 aliphatic rings. The van der Waals surface area contributed by atoms with Gasteiger partial charge in [0.2, 0.25) is 5.89 Å². The highest BCUT2D eigenvalue weighted by atomic mass is 127. The largest absolute Gasteiger partial charge is 0.385 e. The van der Waals surface area contributed by atoms with E-state index in [2.05, 4.69) is 44.6 Å². The number of nitrogens with zero attached hydrogens (tertiary/aromatic N) is 4. The Morgan fingerprint density at radius 1 is 1.33 bits per heavy atom. The van der Waals surface area contributed by atoms with Gasteiger partial charge in [-0.05, 0) is 27.3 Å². The van der Waals surface area contributed by atoms with Gasteiger partial charge in [0.1, 0.15) is 0 Å². The van der Waals surface area contributed by atoms with Gasteiger partial charge in [-0.15, -0.1) is 24.0 Å². The molecule has 0 aliphatic carbocycles. The van der Waals surface area contributed by atoms with Crippen LogP contribution in [0, 0.1) is 6.92 Å². The monoisotopic (exact) mass is 454 g/mol. The lowest BCUT2D eigenvalue weighted by Gasteiger charge is -2.15. The fourth-order valence-electron chi connectivity index (χ4n) is 1.99. The molecule has 0 aromatic carbocycles. The zero-order chi connectivity index (χ0) is 16.9. The standard InChI is InChI=1S/C15H30N6O2.HI/c1-5-16-15(17-8-7-14-19-13(2)20-23-14)18-9-11-21(3)10-6-12-22-4;/h5-12H2,1-4H3,(H2,16,17,18);1H. The third-order valence-corrected chi connectivity index (χ3v) is 3.19. The Kier molecular flexibility index (Phi) is 13.8. The molecule has 0 unspecified atom stereocenters. The lowest BCUT2D eigenvalue weighted by Crippen LogP contribution is -2.39. The lowest BCUT2D eigenvalue weighted by molar-refractivity contribution is 0.180. The van der Waals surface area contributed by atoms with Gasteiger partial charge in [0.15, 0.2) is 11.8 Å². The maximum absolute atomic E-state index is 5.09. The molecule has 0 spiro atoms. The number of hydrogen-bond donors (Lipinski definition) is 2. The fourth-order valence-corrected chi connectivity index (χ4v) is 1.99. The molecule has 9 heteroatoms. The van der Waals surface area contributed by atoms with Crippen molar-refractivity contribution in [2.45, 2.75) is 26.7 Å². The van der Waals surface area contributed by atoms with Crippen molar-refractivity contribution in [1.29, 1.82) is 0 Å². The molecule has 1 aromatic heterocycles. The van der Waals surface area contributed by atoms with Crippen molar-refractivity contribution in [3.63, 3.8) is 0 Å². The molecule has 0 fully saturated rings. The molecular formula is C15H31IN6O2. The summed E-state index contributed by atoms with van der Waals surface area (Å²) in [5.74, 6) is 2.12. The molecule has 8 nitrogen and oxygen atoms in total. The van der Waals surface area contributed by atoms with Crippen LogP contribution in [0.5, 0.6) is 0 Å². The SMILES string of the molecule is CCNC(=NCCN(C)CCCOC)NCCc1nc(C)no1.I. The molecule has 0 saturated heterocycles. The van der Waals surface area contributed by atoms with E-state index >= 15 is 0 Å². The highest BCUT2D eigenvalue weighted by molar-refractivity contribution is 14.0. The molecule has 2 N–H and O–H groups in total. The maximum atomic E-state index is 5.09. The Hall–Kier alpha value is -0.940. The number of hydrogen-bond acceptors (Lipinski definition) is 6. The average molecular weight is 454 g/mol. The van der Waals surface area contributed by atoms with E-state index in [1.165, 1.54) is 0 Å². The van der Waals surface area contributed by atoms with Gasteiger partial charge in [-0.25, -0.2) is 0 Å². The van der Waals surface area contributed by atoms with Gasteiger partial charge >= 0.3 is 0 Å². The second kappa shape index (κ2) is 14.4. The topological polar surface area (TPSA) is 87.8 Å². The van der Waals surface area contributed by atoms with Gasteiger partial charge in [-0.2, -0.15) is 4.98 Å². The van der Waals surface area contributed by atoms with Crippen molar-refractivity contribution >= 4 is 29.9 Å². The second-order valence-corrected chi connectivity index (χ2v) is 5.32. The van der Waals surface area contributed by atoms with Gasteiger partial charge in [0.05, 0.1) is 6.54 Å². The van der Waals surface area contributed by atoms with Gasteiger partial charge in [0, 0.05) is 46.3 Å². The first-order valence-corrected chi connectivity index (χ1v) is 8.14. The van der Waals surface area contributed by atoms with Gasteiger partial charge < -0.3 is 24.8 Å². The average Bonchev–Trinajstić information content (AvgIpc) is 2.93. The quantitative estimate of drug-likeness (QED) is 0.224. The third kappa shape index (κ3) is 10.8. The Labute approximate surface area is 161 Å². The summed E-state index contributed by atoms with van der Waals surface area (Å²) in [6.07, 6.45) is 1.72. The molecule has 1 rings (SSSR count). The van der Waals surface area contributed by atoms with E-state index in [4.69, 9.17) is 9.26 Å². The van der Waals surface area contributed by atoms with Crippen LogP contribution in [0.4, 0.5) is 0 Å². The Morgan fingerprint density at radius 2 is 2.12 bits per heavy atom. The second-order valence-electron chi connectivity index (χ2n) is 5.32. The van der Waals surface area contributed by atoms with Crippen molar-refractivity contribution in [3.05, 3.63) is 11.7 Å². The zero-order valence-corrected chi connectivity index (χ0v) is 17.5. The van der Waals surface area contributed by atoms with Crippen LogP contribution in [0.1, 0.15) is 25.1 Å². The van der Waals surface area contributed by atoms with E-state index in [1.807, 2.05) is 6.92 Å². The molecule has 0 saturated carbocycles. The Bertz CT molecular complexity index is 455. The Balaban J connectivity index is 0.00000529. The molecule has 140 valence electrons. The molecule has 24 heavy (non-hydrogen) atoms. The molecular weight excluding hydrogens is 423 g/mol. The number of aryl methyl sites for hydroxylation is 1. The van der Waals surface area contributed by atoms with E-state index in [-0.39, 0.29) is 24.0 Å². The van der Waals surface area contributed by atoms with Crippen molar-refractivity contribution in [2.75, 3.05) is 53.5 Å². The lowest BCUT2D eigenvalue weighted by atomic mass is 10.4. The summed E-state index contributed by atoms with van der Waals surface area (Å²) >= 11 is 0. The summed E-state index contributed by atoms with van der Waals surface area (Å²) in [6.45, 7) is 8.88. The highest BCUT2D eigenvalue weighted by Gasteiger charge is 2.03. The van der Waals surface area contributed by atoms with Crippen LogP contribution in [0.3, 0.4) is 0 Å². The van der Waals surface area contributed by atoms with Crippen molar-refractivity contribution in [1.82, 2.24) is 25.7 Å². The smallest absolute Gasteiger partial charge is 0.228 e. The van der Waals surface area contributed by atoms with Crippen molar-refractivity contribution < 1.29 is 9.26 Å². The first-order valence-electron chi connectivity index (χ1n) is 8.14. The molecule has 1 heterocycles. The van der Waals surface area contributed by atoms with E-state index in [9.17, 15) is 0 Å². The van der Waals surface area contributed by atoms with Crippen molar-refractivity contribution in [2.24, 2.45) is 4.99 Å². The van der Waals surface area contributed by atoms with Crippen LogP contribution in [0.15, 0.2) is 9.52 Å². The van der Waals surface area contributed by atoms with E-state index in [0.29, 0.717) is 24.7 Å². The van der Waals surface area contributed by atoms with Gasteiger partial charge in [-0.3, -0.25) is 4.99 Å². The molecule has 0 atom stereocenters. The number of aromatic nitrogens is 2. The summed E-state index contributed by atoms with van der Waals surface area (Å²) in [7, 11) is 3.83. The Morgan fingerprint density at radius 3 is 2.75 bits per heavy atom. The van der Waals surface area contributed by atoms with E-state index in [1.54, 1.807) is 7.11 Å². The summed E-state index contributed by atoms with van der Waals surface area (Å²) in [5, 5.41) is 10.3. The predicted molar refractivity (Wildman–Crippen MR) is 106 cm³/mol. The van der Waals surface area contributed by atoms with E-state index in [0.717, 1.165) is 45.2 Å². The number of rotatable bonds is 11. The summed E-state index contributed by atoms with van der Waals surface area (Å²) in [6, 6.07) is 0. The van der Waals surface area contributed by atoms with Crippen LogP contribution in [0.25, 0.3) is 0 Å². The van der Waals surface area contributed by atoms with Crippen molar-refractivity contribution in [3.8, 4) is 0 Å². The number of methoxy groups -OCH3 is 1. The van der Waals surface area contributed by atoms with Gasteiger partial charge in [0.25, 0.3) is 0 Å². The summed E-state index contributed by atoms with van der Waals surface area (Å²) in [5.41, 5.74) is 0. The number of likely N-dealkylation sites (N-methyl/N-ethyl adjacent to an activating group) is 1. The number of guanidine groups is 1. The van der Waals surface area contributed by atoms with Gasteiger partial charge in [-0.1, -0.05) is 5.16 Å². The molecule has 0 amide bonds. The third-order valence-electron chi connectivity index (χ3n) is 3.19. The van der Waals surface area contributed by atoms with Crippen LogP contribution >= 0.6 is 24.0 Å². The molecule has 1 aromatic rings. The number of aliphatic imine (C=N–C) groups is 1. The molecule has 0 radical (unpaired) electrons. The number of halogens is 1. The maximum Gasteiger partial charge on any atom is 0.228 e. The first kappa shape index (κ1) is 23.1. The first-order chi connectivity index (χ1) is 11.2.